The average molecular weight is 313 g/mol. The molecule has 1 aromatic rings. The van der Waals surface area contributed by atoms with Crippen molar-refractivity contribution in [3.05, 3.63) is 11.4 Å². The second-order valence-electron chi connectivity index (χ2n) is 5.52. The molecule has 0 aromatic carbocycles. The Balaban J connectivity index is 2.41. The zero-order valence-electron chi connectivity index (χ0n) is 12.9. The van der Waals surface area contributed by atoms with Crippen molar-refractivity contribution in [1.82, 2.24) is 14.1 Å². The van der Waals surface area contributed by atoms with Gasteiger partial charge < -0.3 is 0 Å². The Morgan fingerprint density at radius 3 is 2.38 bits per heavy atom. The Bertz CT molecular complexity index is 628. The van der Waals surface area contributed by atoms with Crippen LogP contribution in [0.4, 0.5) is 0 Å². The van der Waals surface area contributed by atoms with Gasteiger partial charge in [-0.05, 0) is 33.1 Å². The largest absolute Gasteiger partial charge is 0.273 e. The van der Waals surface area contributed by atoms with E-state index in [1.165, 1.54) is 8.99 Å². The third-order valence-electron chi connectivity index (χ3n) is 3.84. The van der Waals surface area contributed by atoms with Crippen molar-refractivity contribution < 1.29 is 13.2 Å². The molecule has 6 nitrogen and oxygen atoms in total. The molecule has 0 N–H and O–H groups in total. The summed E-state index contributed by atoms with van der Waals surface area (Å²) in [6.07, 6.45) is 3.93. The van der Waals surface area contributed by atoms with E-state index in [0.29, 0.717) is 37.3 Å². The number of piperidine rings is 1. The van der Waals surface area contributed by atoms with Crippen LogP contribution in [0.5, 0.6) is 0 Å². The van der Waals surface area contributed by atoms with E-state index < -0.39 is 10.0 Å². The second kappa shape index (κ2) is 6.27. The van der Waals surface area contributed by atoms with E-state index in [1.807, 2.05) is 6.92 Å². The summed E-state index contributed by atoms with van der Waals surface area (Å²) >= 11 is 0. The Morgan fingerprint density at radius 1 is 1.19 bits per heavy atom. The number of aryl methyl sites for hydroxylation is 1. The molecule has 21 heavy (non-hydrogen) atoms. The SMILES string of the molecule is CCCC(=O)n1nc(C)c(S(=O)(=O)N2CCCCC2)c1C. The zero-order valence-corrected chi connectivity index (χ0v) is 13.7. The summed E-state index contributed by atoms with van der Waals surface area (Å²) in [4.78, 5) is 12.2. The lowest BCUT2D eigenvalue weighted by Crippen LogP contribution is -2.36. The van der Waals surface area contributed by atoms with Crippen LogP contribution in [0.15, 0.2) is 4.90 Å². The van der Waals surface area contributed by atoms with E-state index in [9.17, 15) is 13.2 Å². The van der Waals surface area contributed by atoms with Gasteiger partial charge in [0.2, 0.25) is 15.9 Å². The van der Waals surface area contributed by atoms with E-state index in [4.69, 9.17) is 0 Å². The molecule has 1 aromatic heterocycles. The number of aromatic nitrogens is 2. The van der Waals surface area contributed by atoms with Crippen molar-refractivity contribution >= 4 is 15.9 Å². The molecule has 1 fully saturated rings. The summed E-state index contributed by atoms with van der Waals surface area (Å²) in [6, 6.07) is 0. The molecular formula is C14H23N3O3S. The van der Waals surface area contributed by atoms with Gasteiger partial charge in [0, 0.05) is 19.5 Å². The Kier molecular flexibility index (Phi) is 4.83. The topological polar surface area (TPSA) is 72.3 Å². The van der Waals surface area contributed by atoms with Crippen molar-refractivity contribution in [1.29, 1.82) is 0 Å². The Hall–Kier alpha value is -1.21. The molecule has 2 rings (SSSR count). The summed E-state index contributed by atoms with van der Waals surface area (Å²) in [5.74, 6) is -0.154. The first-order chi connectivity index (χ1) is 9.89. The number of carbonyl (C=O) groups excluding carboxylic acids is 1. The quantitative estimate of drug-likeness (QED) is 0.853. The lowest BCUT2D eigenvalue weighted by molar-refractivity contribution is 0.0882. The van der Waals surface area contributed by atoms with Crippen LogP contribution in [0, 0.1) is 13.8 Å². The highest BCUT2D eigenvalue weighted by Crippen LogP contribution is 2.26. The molecule has 0 aliphatic carbocycles. The number of rotatable bonds is 4. The van der Waals surface area contributed by atoms with Gasteiger partial charge in [-0.1, -0.05) is 13.3 Å². The van der Waals surface area contributed by atoms with Crippen LogP contribution in [-0.2, 0) is 10.0 Å². The van der Waals surface area contributed by atoms with E-state index in [2.05, 4.69) is 5.10 Å². The molecule has 7 heteroatoms. The Labute approximate surface area is 126 Å². The molecular weight excluding hydrogens is 290 g/mol. The molecule has 0 radical (unpaired) electrons. The third-order valence-corrected chi connectivity index (χ3v) is 5.99. The van der Waals surface area contributed by atoms with Gasteiger partial charge in [-0.3, -0.25) is 4.79 Å². The summed E-state index contributed by atoms with van der Waals surface area (Å²) in [7, 11) is -3.55. The normalized spacial score (nSPS) is 17.1. The number of sulfonamides is 1. The minimum Gasteiger partial charge on any atom is -0.273 e. The minimum atomic E-state index is -3.55. The smallest absolute Gasteiger partial charge is 0.247 e. The lowest BCUT2D eigenvalue weighted by Gasteiger charge is -2.25. The number of carbonyl (C=O) groups is 1. The summed E-state index contributed by atoms with van der Waals surface area (Å²) < 4.78 is 28.3. The van der Waals surface area contributed by atoms with E-state index in [-0.39, 0.29) is 10.8 Å². The first kappa shape index (κ1) is 16.2. The molecule has 2 heterocycles. The fourth-order valence-corrected chi connectivity index (χ4v) is 4.67. The van der Waals surface area contributed by atoms with Gasteiger partial charge in [0.1, 0.15) is 4.90 Å². The van der Waals surface area contributed by atoms with Gasteiger partial charge in [-0.25, -0.2) is 13.1 Å². The maximum absolute atomic E-state index is 12.8. The zero-order chi connectivity index (χ0) is 15.6. The molecule has 0 bridgehead atoms. The van der Waals surface area contributed by atoms with Crippen LogP contribution in [0.1, 0.15) is 55.2 Å². The summed E-state index contributed by atoms with van der Waals surface area (Å²) in [6.45, 7) is 6.32. The first-order valence-electron chi connectivity index (χ1n) is 7.49. The third kappa shape index (κ3) is 3.03. The van der Waals surface area contributed by atoms with Crippen molar-refractivity contribution in [2.24, 2.45) is 0 Å². The van der Waals surface area contributed by atoms with Crippen LogP contribution in [0.2, 0.25) is 0 Å². The van der Waals surface area contributed by atoms with Crippen LogP contribution in [-0.4, -0.2) is 41.5 Å². The van der Waals surface area contributed by atoms with E-state index in [1.54, 1.807) is 13.8 Å². The fourth-order valence-electron chi connectivity index (χ4n) is 2.80. The highest BCUT2D eigenvalue weighted by atomic mass is 32.2. The molecule has 0 unspecified atom stereocenters. The van der Waals surface area contributed by atoms with Crippen LogP contribution >= 0.6 is 0 Å². The highest BCUT2D eigenvalue weighted by molar-refractivity contribution is 7.89. The van der Waals surface area contributed by atoms with Gasteiger partial charge in [-0.2, -0.15) is 9.40 Å². The van der Waals surface area contributed by atoms with Gasteiger partial charge in [0.05, 0.1) is 11.4 Å². The monoisotopic (exact) mass is 313 g/mol. The predicted octanol–water partition coefficient (Wildman–Crippen LogP) is 2.11. The van der Waals surface area contributed by atoms with Crippen LogP contribution < -0.4 is 0 Å². The molecule has 1 saturated heterocycles. The van der Waals surface area contributed by atoms with Crippen LogP contribution in [0.3, 0.4) is 0 Å². The number of hydrogen-bond donors (Lipinski definition) is 0. The van der Waals surface area contributed by atoms with Gasteiger partial charge >= 0.3 is 0 Å². The molecule has 1 aliphatic heterocycles. The molecule has 1 aliphatic rings. The maximum Gasteiger partial charge on any atom is 0.247 e. The summed E-state index contributed by atoms with van der Waals surface area (Å²) in [5.41, 5.74) is 0.832. The predicted molar refractivity (Wildman–Crippen MR) is 79.8 cm³/mol. The van der Waals surface area contributed by atoms with Crippen molar-refractivity contribution in [2.45, 2.75) is 57.8 Å². The molecule has 0 spiro atoms. The summed E-state index contributed by atoms with van der Waals surface area (Å²) in [5, 5.41) is 4.15. The maximum atomic E-state index is 12.8. The number of nitrogens with zero attached hydrogens (tertiary/aromatic N) is 3. The molecule has 0 atom stereocenters. The average Bonchev–Trinajstić information content (AvgIpc) is 2.76. The minimum absolute atomic E-state index is 0.154. The molecule has 118 valence electrons. The van der Waals surface area contributed by atoms with Crippen molar-refractivity contribution in [3.8, 4) is 0 Å². The van der Waals surface area contributed by atoms with Crippen molar-refractivity contribution in [2.75, 3.05) is 13.1 Å². The van der Waals surface area contributed by atoms with Gasteiger partial charge in [-0.15, -0.1) is 0 Å². The van der Waals surface area contributed by atoms with Gasteiger partial charge in [0.15, 0.2) is 0 Å². The lowest BCUT2D eigenvalue weighted by atomic mass is 10.2. The standard InChI is InChI=1S/C14H23N3O3S/c1-4-8-13(18)17-12(3)14(11(2)15-17)21(19,20)16-9-6-5-7-10-16/h4-10H2,1-3H3. The Morgan fingerprint density at radius 2 is 1.81 bits per heavy atom. The molecule has 0 saturated carbocycles. The van der Waals surface area contributed by atoms with Gasteiger partial charge in [0.25, 0.3) is 0 Å². The number of hydrogen-bond acceptors (Lipinski definition) is 4. The first-order valence-corrected chi connectivity index (χ1v) is 8.93. The van der Waals surface area contributed by atoms with Crippen molar-refractivity contribution in [3.63, 3.8) is 0 Å². The highest BCUT2D eigenvalue weighted by Gasteiger charge is 2.32. The van der Waals surface area contributed by atoms with E-state index in [0.717, 1.165) is 19.3 Å². The van der Waals surface area contributed by atoms with E-state index >= 15 is 0 Å². The fraction of sp³-hybridized carbons (Fsp3) is 0.714. The second-order valence-corrected chi connectivity index (χ2v) is 7.40. The molecule has 0 amide bonds. The van der Waals surface area contributed by atoms with Crippen LogP contribution in [0.25, 0.3) is 0 Å².